The number of carbonyl (C=O) groups excluding carboxylic acids is 1. The summed E-state index contributed by atoms with van der Waals surface area (Å²) in [6.07, 6.45) is 0. The van der Waals surface area contributed by atoms with E-state index in [0.717, 1.165) is 9.93 Å². The number of aliphatic carboxylic acids is 1. The highest BCUT2D eigenvalue weighted by Crippen LogP contribution is 2.45. The van der Waals surface area contributed by atoms with E-state index < -0.39 is 11.9 Å². The molecule has 1 aliphatic heterocycles. The Bertz CT molecular complexity index is 734. The van der Waals surface area contributed by atoms with Gasteiger partial charge in [0.15, 0.2) is 5.57 Å². The normalized spacial score (nSPS) is 13.9. The van der Waals surface area contributed by atoms with Gasteiger partial charge in [0.25, 0.3) is 0 Å². The lowest BCUT2D eigenvalue weighted by Gasteiger charge is -2.16. The number of carboxylic acids is 1. The van der Waals surface area contributed by atoms with E-state index >= 15 is 0 Å². The lowest BCUT2D eigenvalue weighted by molar-refractivity contribution is -0.145. The third kappa shape index (κ3) is 2.25. The van der Waals surface area contributed by atoms with Gasteiger partial charge in [-0.05, 0) is 17.3 Å². The van der Waals surface area contributed by atoms with Crippen LogP contribution >= 0.6 is 23.5 Å². The Labute approximate surface area is 120 Å². The molecule has 0 atom stereocenters. The summed E-state index contributed by atoms with van der Waals surface area (Å²) in [5, 5.41) is 17.3. The summed E-state index contributed by atoms with van der Waals surface area (Å²) in [6, 6.07) is 6.89. The fourth-order valence-electron chi connectivity index (χ4n) is 1.56. The number of aromatic nitrogens is 3. The van der Waals surface area contributed by atoms with Crippen LogP contribution in [0.2, 0.25) is 0 Å². The molecule has 9 heteroatoms. The molecular formula is C11H7N3O4S2. The molecule has 0 aliphatic carbocycles. The highest BCUT2D eigenvalue weighted by Gasteiger charge is 2.30. The van der Waals surface area contributed by atoms with E-state index in [9.17, 15) is 9.59 Å². The number of hydrogen-bond donors (Lipinski definition) is 1. The lowest BCUT2D eigenvalue weighted by Crippen LogP contribution is -2.27. The van der Waals surface area contributed by atoms with Crippen LogP contribution in [0.25, 0.3) is 11.0 Å². The molecule has 0 bridgehead atoms. The Hall–Kier alpha value is -2.00. The molecule has 1 fully saturated rings. The number of nitrogens with zero attached hydrogens (tertiary/aromatic N) is 3. The van der Waals surface area contributed by atoms with Crippen molar-refractivity contribution in [2.75, 3.05) is 5.08 Å². The van der Waals surface area contributed by atoms with Crippen LogP contribution in [0.4, 0.5) is 0 Å². The van der Waals surface area contributed by atoms with Crippen molar-refractivity contribution < 1.29 is 19.5 Å². The van der Waals surface area contributed by atoms with E-state index in [1.54, 1.807) is 24.3 Å². The first-order valence-electron chi connectivity index (χ1n) is 5.43. The minimum Gasteiger partial charge on any atom is -0.477 e. The predicted octanol–water partition coefficient (Wildman–Crippen LogP) is 1.12. The van der Waals surface area contributed by atoms with Crippen molar-refractivity contribution in [1.82, 2.24) is 15.2 Å². The molecule has 102 valence electrons. The minimum absolute atomic E-state index is 0.370. The molecule has 1 aliphatic rings. The molecule has 0 spiro atoms. The molecule has 0 saturated carbocycles. The molecule has 2 aromatic rings. The van der Waals surface area contributed by atoms with E-state index in [2.05, 4.69) is 10.3 Å². The van der Waals surface area contributed by atoms with E-state index in [4.69, 9.17) is 9.94 Å². The highest BCUT2D eigenvalue weighted by atomic mass is 32.3. The number of benzene rings is 1. The average Bonchev–Trinajstić information content (AvgIpc) is 2.76. The highest BCUT2D eigenvalue weighted by molar-refractivity contribution is 8.37. The molecule has 1 aromatic carbocycles. The van der Waals surface area contributed by atoms with Gasteiger partial charge in [0, 0.05) is 5.08 Å². The van der Waals surface area contributed by atoms with Gasteiger partial charge in [-0.2, -0.15) is 0 Å². The smallest absolute Gasteiger partial charge is 0.374 e. The summed E-state index contributed by atoms with van der Waals surface area (Å²) in [5.41, 5.74) is 0.674. The monoisotopic (exact) mass is 309 g/mol. The van der Waals surface area contributed by atoms with E-state index in [1.165, 1.54) is 23.5 Å². The van der Waals surface area contributed by atoms with Gasteiger partial charge in [-0.1, -0.05) is 17.0 Å². The Balaban J connectivity index is 1.90. The third-order valence-corrected chi connectivity index (χ3v) is 5.08. The number of fused-ring (bicyclic) bond motifs is 1. The second kappa shape index (κ2) is 5.17. The van der Waals surface area contributed by atoms with Crippen molar-refractivity contribution >= 4 is 46.5 Å². The summed E-state index contributed by atoms with van der Waals surface area (Å²) in [7, 11) is 0. The minimum atomic E-state index is -1.31. The summed E-state index contributed by atoms with van der Waals surface area (Å²) in [5.74, 6) is -2.27. The molecule has 0 unspecified atom stereocenters. The molecule has 1 saturated heterocycles. The van der Waals surface area contributed by atoms with Crippen molar-refractivity contribution in [3.05, 3.63) is 34.1 Å². The van der Waals surface area contributed by atoms with Gasteiger partial charge in [-0.3, -0.25) is 0 Å². The fraction of sp³-hybridized carbons (Fsp3) is 0.0909. The molecule has 0 radical (unpaired) electrons. The van der Waals surface area contributed by atoms with Crippen LogP contribution in [0.5, 0.6) is 0 Å². The number of thioether (sulfide) groups is 2. The van der Waals surface area contributed by atoms with Crippen LogP contribution < -0.4 is 4.84 Å². The molecule has 0 amide bonds. The van der Waals surface area contributed by atoms with Gasteiger partial charge in [0.05, 0.1) is 4.24 Å². The van der Waals surface area contributed by atoms with Crippen LogP contribution in [-0.2, 0) is 9.59 Å². The third-order valence-electron chi connectivity index (χ3n) is 2.49. The molecule has 1 N–H and O–H groups in total. The van der Waals surface area contributed by atoms with E-state index in [-0.39, 0.29) is 5.57 Å². The first kappa shape index (κ1) is 13.0. The number of carboxylic acid groups (broad SMARTS) is 1. The SMILES string of the molecule is O=C(O)C(C(=O)On1nnc2ccccc21)=C1SCS1. The maximum absolute atomic E-state index is 12.0. The Morgan fingerprint density at radius 2 is 2.05 bits per heavy atom. The average molecular weight is 309 g/mol. The van der Waals surface area contributed by atoms with Crippen LogP contribution in [0.1, 0.15) is 0 Å². The summed E-state index contributed by atoms with van der Waals surface area (Å²) < 4.78 is 0.451. The maximum Gasteiger partial charge on any atom is 0.374 e. The standard InChI is InChI=1S/C11H7N3O4S2/c15-9(16)8(11-19-5-20-11)10(17)18-14-7-4-2-1-3-6(7)12-13-14/h1-4H,5H2,(H,15,16). The number of para-hydroxylation sites is 1. The summed E-state index contributed by atoms with van der Waals surface area (Å²) in [6.45, 7) is 0. The van der Waals surface area contributed by atoms with Crippen molar-refractivity contribution in [2.45, 2.75) is 0 Å². The van der Waals surface area contributed by atoms with Crippen LogP contribution in [0.15, 0.2) is 34.1 Å². The Kier molecular flexibility index (Phi) is 3.36. The summed E-state index contributed by atoms with van der Waals surface area (Å²) >= 11 is 2.60. The predicted molar refractivity (Wildman–Crippen MR) is 73.8 cm³/mol. The molecular weight excluding hydrogens is 302 g/mol. The number of carbonyl (C=O) groups is 2. The van der Waals surface area contributed by atoms with Gasteiger partial charge < -0.3 is 9.94 Å². The quantitative estimate of drug-likeness (QED) is 0.390. The maximum atomic E-state index is 12.0. The molecule has 2 heterocycles. The zero-order valence-corrected chi connectivity index (χ0v) is 11.5. The van der Waals surface area contributed by atoms with Crippen molar-refractivity contribution in [1.29, 1.82) is 0 Å². The zero-order valence-electron chi connectivity index (χ0n) is 9.85. The number of hydrogen-bond acceptors (Lipinski definition) is 7. The summed E-state index contributed by atoms with van der Waals surface area (Å²) in [4.78, 5) is 29.0. The second-order valence-corrected chi connectivity index (χ2v) is 6.30. The van der Waals surface area contributed by atoms with Gasteiger partial charge in [-0.15, -0.1) is 28.6 Å². The lowest BCUT2D eigenvalue weighted by atomic mass is 10.3. The first-order chi connectivity index (χ1) is 9.66. The van der Waals surface area contributed by atoms with Gasteiger partial charge in [0.1, 0.15) is 11.0 Å². The zero-order chi connectivity index (χ0) is 14.1. The van der Waals surface area contributed by atoms with E-state index in [1.807, 2.05) is 0 Å². The van der Waals surface area contributed by atoms with Gasteiger partial charge in [0.2, 0.25) is 0 Å². The second-order valence-electron chi connectivity index (χ2n) is 3.70. The van der Waals surface area contributed by atoms with Crippen molar-refractivity contribution in [3.8, 4) is 0 Å². The first-order valence-corrected chi connectivity index (χ1v) is 7.40. The molecule has 1 aromatic heterocycles. The largest absolute Gasteiger partial charge is 0.477 e. The van der Waals surface area contributed by atoms with Crippen molar-refractivity contribution in [2.24, 2.45) is 0 Å². The Morgan fingerprint density at radius 3 is 2.70 bits per heavy atom. The molecule has 7 nitrogen and oxygen atoms in total. The fourth-order valence-corrected chi connectivity index (χ4v) is 3.13. The topological polar surface area (TPSA) is 94.3 Å². The van der Waals surface area contributed by atoms with Crippen LogP contribution in [0, 0.1) is 0 Å². The number of rotatable bonds is 3. The van der Waals surface area contributed by atoms with E-state index in [0.29, 0.717) is 15.3 Å². The van der Waals surface area contributed by atoms with Crippen LogP contribution in [-0.4, -0.2) is 37.3 Å². The van der Waals surface area contributed by atoms with Crippen LogP contribution in [0.3, 0.4) is 0 Å². The van der Waals surface area contributed by atoms with Gasteiger partial charge >= 0.3 is 11.9 Å². The molecule has 3 rings (SSSR count). The van der Waals surface area contributed by atoms with Gasteiger partial charge in [-0.25, -0.2) is 9.59 Å². The Morgan fingerprint density at radius 1 is 1.30 bits per heavy atom. The van der Waals surface area contributed by atoms with Crippen molar-refractivity contribution in [3.63, 3.8) is 0 Å². The molecule has 20 heavy (non-hydrogen) atoms.